The van der Waals surface area contributed by atoms with Crippen molar-refractivity contribution in [3.05, 3.63) is 0 Å². The van der Waals surface area contributed by atoms with Crippen molar-refractivity contribution in [1.82, 2.24) is 0 Å². The summed E-state index contributed by atoms with van der Waals surface area (Å²) in [5.74, 6) is -2.95. The molecule has 0 radical (unpaired) electrons. The van der Waals surface area contributed by atoms with Crippen LogP contribution >= 0.6 is 0 Å². The number of nitrogens with zero attached hydrogens (tertiary/aromatic N) is 1. The van der Waals surface area contributed by atoms with E-state index in [1.807, 2.05) is 0 Å². The van der Waals surface area contributed by atoms with Crippen LogP contribution in [0.3, 0.4) is 0 Å². The van der Waals surface area contributed by atoms with Crippen LogP contribution in [0.4, 0.5) is 0 Å². The number of ether oxygens (including phenoxy) is 2. The maximum absolute atomic E-state index is 10.9. The van der Waals surface area contributed by atoms with Gasteiger partial charge in [-0.15, -0.1) is 0 Å². The lowest BCUT2D eigenvalue weighted by Gasteiger charge is -2.24. The van der Waals surface area contributed by atoms with Gasteiger partial charge in [-0.3, -0.25) is 9.53 Å². The van der Waals surface area contributed by atoms with Crippen molar-refractivity contribution in [3.8, 4) is 0 Å². The van der Waals surface area contributed by atoms with E-state index in [-0.39, 0.29) is 12.4 Å². The molecular weight excluding hydrogens is 190 g/mol. The fraction of sp³-hybridized carbons (Fsp3) is 0.750. The van der Waals surface area contributed by atoms with E-state index in [1.54, 1.807) is 6.92 Å². The molecule has 0 aliphatic carbocycles. The second-order valence-corrected chi connectivity index (χ2v) is 3.52. The quantitative estimate of drug-likeness (QED) is 0.383. The number of aliphatic imine (C=N–C) groups is 1. The Morgan fingerprint density at radius 3 is 2.79 bits per heavy atom. The van der Waals surface area contributed by atoms with Crippen LogP contribution in [0.25, 0.3) is 0 Å². The largest absolute Gasteiger partial charge is 0.412 e. The molecule has 14 heavy (non-hydrogen) atoms. The molecule has 6 nitrogen and oxygen atoms in total. The van der Waals surface area contributed by atoms with Gasteiger partial charge in [0.1, 0.15) is 0 Å². The second kappa shape index (κ2) is 2.75. The summed E-state index contributed by atoms with van der Waals surface area (Å²) < 4.78 is 10.2. The summed E-state index contributed by atoms with van der Waals surface area (Å²) in [6, 6.07) is 0. The van der Waals surface area contributed by atoms with E-state index in [0.29, 0.717) is 12.1 Å². The Hall–Kier alpha value is -0.980. The van der Waals surface area contributed by atoms with E-state index >= 15 is 0 Å². The molecule has 1 N–H and O–H groups in total. The van der Waals surface area contributed by atoms with E-state index in [2.05, 4.69) is 9.88 Å². The molecule has 1 spiro atoms. The predicted molar refractivity (Wildman–Crippen MR) is 44.4 cm³/mol. The van der Waals surface area contributed by atoms with Gasteiger partial charge in [-0.1, -0.05) is 0 Å². The minimum Gasteiger partial charge on any atom is -0.412 e. The Bertz CT molecular complexity index is 315. The smallest absolute Gasteiger partial charge is 0.318 e. The number of rotatable bonds is 1. The van der Waals surface area contributed by atoms with Crippen LogP contribution in [-0.2, 0) is 19.2 Å². The van der Waals surface area contributed by atoms with Crippen molar-refractivity contribution >= 4 is 11.7 Å². The van der Waals surface area contributed by atoms with Gasteiger partial charge in [0, 0.05) is 6.42 Å². The molecule has 0 bridgehead atoms. The molecule has 2 aliphatic rings. The first-order valence-electron chi connectivity index (χ1n) is 4.31. The van der Waals surface area contributed by atoms with Crippen LogP contribution in [0.2, 0.25) is 0 Å². The number of esters is 1. The Kier molecular flexibility index (Phi) is 1.88. The normalized spacial score (nSPS) is 41.6. The molecule has 6 heteroatoms. The van der Waals surface area contributed by atoms with Gasteiger partial charge < -0.3 is 4.74 Å². The second-order valence-electron chi connectivity index (χ2n) is 3.52. The highest BCUT2D eigenvalue weighted by Crippen LogP contribution is 2.39. The van der Waals surface area contributed by atoms with Crippen molar-refractivity contribution in [2.75, 3.05) is 0 Å². The SMILES string of the molecule is CC1=NC2(CCC(=O)O2)OC1(C)OO. The molecule has 1 fully saturated rings. The monoisotopic (exact) mass is 201 g/mol. The van der Waals surface area contributed by atoms with E-state index < -0.39 is 11.7 Å². The molecule has 2 heterocycles. The highest BCUT2D eigenvalue weighted by atomic mass is 17.2. The molecule has 0 aromatic carbocycles. The Morgan fingerprint density at radius 1 is 1.64 bits per heavy atom. The molecule has 78 valence electrons. The summed E-state index contributed by atoms with van der Waals surface area (Å²) in [5, 5.41) is 8.66. The molecule has 2 aliphatic heterocycles. The van der Waals surface area contributed by atoms with Crippen LogP contribution < -0.4 is 0 Å². The van der Waals surface area contributed by atoms with Crippen LogP contribution in [-0.4, -0.2) is 28.6 Å². The Morgan fingerprint density at radius 2 is 2.36 bits per heavy atom. The summed E-state index contributed by atoms with van der Waals surface area (Å²) in [4.78, 5) is 19.2. The highest BCUT2D eigenvalue weighted by Gasteiger charge is 2.54. The summed E-state index contributed by atoms with van der Waals surface area (Å²) >= 11 is 0. The summed E-state index contributed by atoms with van der Waals surface area (Å²) in [6.07, 6.45) is 0.612. The average molecular weight is 201 g/mol. The maximum atomic E-state index is 10.9. The van der Waals surface area contributed by atoms with Gasteiger partial charge in [0.15, 0.2) is 0 Å². The van der Waals surface area contributed by atoms with Gasteiger partial charge in [-0.05, 0) is 13.8 Å². The molecule has 0 aromatic rings. The van der Waals surface area contributed by atoms with Gasteiger partial charge in [0.25, 0.3) is 0 Å². The van der Waals surface area contributed by atoms with Crippen LogP contribution in [0.5, 0.6) is 0 Å². The van der Waals surface area contributed by atoms with Crippen LogP contribution in [0.1, 0.15) is 26.7 Å². The van der Waals surface area contributed by atoms with E-state index in [1.165, 1.54) is 6.92 Å². The number of hydrogen-bond acceptors (Lipinski definition) is 6. The molecule has 2 atom stereocenters. The van der Waals surface area contributed by atoms with Crippen molar-refractivity contribution in [2.45, 2.75) is 38.4 Å². The maximum Gasteiger partial charge on any atom is 0.318 e. The van der Waals surface area contributed by atoms with Crippen molar-refractivity contribution in [3.63, 3.8) is 0 Å². The third-order valence-electron chi connectivity index (χ3n) is 2.44. The topological polar surface area (TPSA) is 77.4 Å². The zero-order valence-corrected chi connectivity index (χ0v) is 7.94. The molecule has 0 aromatic heterocycles. The predicted octanol–water partition coefficient (Wildman–Crippen LogP) is 0.674. The summed E-state index contributed by atoms with van der Waals surface area (Å²) in [6.45, 7) is 3.14. The van der Waals surface area contributed by atoms with Crippen molar-refractivity contribution < 1.29 is 24.4 Å². The third kappa shape index (κ3) is 1.23. The zero-order chi connectivity index (χ0) is 10.4. The van der Waals surface area contributed by atoms with Gasteiger partial charge in [-0.2, -0.15) is 4.89 Å². The van der Waals surface area contributed by atoms with Gasteiger partial charge in [0.05, 0.1) is 12.1 Å². The van der Waals surface area contributed by atoms with Gasteiger partial charge >= 0.3 is 11.9 Å². The zero-order valence-electron chi connectivity index (χ0n) is 7.94. The van der Waals surface area contributed by atoms with E-state index in [9.17, 15) is 4.79 Å². The Balaban J connectivity index is 2.25. The first-order chi connectivity index (χ1) is 6.50. The lowest BCUT2D eigenvalue weighted by atomic mass is 10.2. The minimum atomic E-state index is -1.31. The minimum absolute atomic E-state index is 0.262. The average Bonchev–Trinajstić information content (AvgIpc) is 2.57. The van der Waals surface area contributed by atoms with Crippen molar-refractivity contribution in [1.29, 1.82) is 0 Å². The molecule has 0 amide bonds. The van der Waals surface area contributed by atoms with Gasteiger partial charge in [0.2, 0.25) is 5.79 Å². The molecule has 2 unspecified atom stereocenters. The first-order valence-corrected chi connectivity index (χ1v) is 4.31. The van der Waals surface area contributed by atoms with Crippen LogP contribution in [0.15, 0.2) is 4.99 Å². The standard InChI is InChI=1S/C8H11NO5/c1-5-7(2,14-11)13-8(9-5)4-3-6(10)12-8/h11H,3-4H2,1-2H3. The highest BCUT2D eigenvalue weighted by molar-refractivity contribution is 5.90. The number of carbonyl (C=O) groups excluding carboxylic acids is 1. The van der Waals surface area contributed by atoms with E-state index in [0.717, 1.165) is 0 Å². The molecule has 2 rings (SSSR count). The van der Waals surface area contributed by atoms with Gasteiger partial charge in [-0.25, -0.2) is 10.2 Å². The third-order valence-corrected chi connectivity index (χ3v) is 2.44. The van der Waals surface area contributed by atoms with Crippen LogP contribution in [0, 0.1) is 0 Å². The fourth-order valence-corrected chi connectivity index (χ4v) is 1.53. The molecule has 1 saturated heterocycles. The summed E-state index contributed by atoms with van der Waals surface area (Å²) in [5.41, 5.74) is 0.440. The number of carbonyl (C=O) groups is 1. The lowest BCUT2D eigenvalue weighted by molar-refractivity contribution is -0.400. The Labute approximate surface area is 80.4 Å². The molecule has 0 saturated carbocycles. The first kappa shape index (κ1) is 9.57. The fourth-order valence-electron chi connectivity index (χ4n) is 1.53. The summed E-state index contributed by atoms with van der Waals surface area (Å²) in [7, 11) is 0. The molecular formula is C8H11NO5. The van der Waals surface area contributed by atoms with Crippen molar-refractivity contribution in [2.24, 2.45) is 4.99 Å². The number of hydrogen-bond donors (Lipinski definition) is 1. The van der Waals surface area contributed by atoms with E-state index in [4.69, 9.17) is 14.7 Å². The lowest BCUT2D eigenvalue weighted by Crippen LogP contribution is -2.39.